The molecule has 0 aliphatic heterocycles. The van der Waals surface area contributed by atoms with Gasteiger partial charge < -0.3 is 10.1 Å². The van der Waals surface area contributed by atoms with E-state index in [1.807, 2.05) is 30.5 Å². The SMILES string of the molecule is Cc1cc(NCc2cccs2)c(-c2nnnn2COC=O)cc1S. The predicted molar refractivity (Wildman–Crippen MR) is 94.0 cm³/mol. The smallest absolute Gasteiger partial charge is 0.294 e. The first-order valence-corrected chi connectivity index (χ1v) is 8.43. The molecule has 1 N–H and O–H groups in total. The maximum absolute atomic E-state index is 10.4. The van der Waals surface area contributed by atoms with Crippen molar-refractivity contribution in [2.24, 2.45) is 0 Å². The molecule has 0 saturated heterocycles. The fraction of sp³-hybridized carbons (Fsp3) is 0.200. The molecule has 1 aromatic carbocycles. The number of hydrogen-bond acceptors (Lipinski definition) is 8. The molecule has 0 bridgehead atoms. The number of aryl methyl sites for hydroxylation is 1. The van der Waals surface area contributed by atoms with Crippen LogP contribution in [0.4, 0.5) is 5.69 Å². The Morgan fingerprint density at radius 3 is 3.08 bits per heavy atom. The van der Waals surface area contributed by atoms with Crippen molar-refractivity contribution in [3.8, 4) is 11.4 Å². The summed E-state index contributed by atoms with van der Waals surface area (Å²) in [5.41, 5.74) is 2.72. The van der Waals surface area contributed by atoms with Gasteiger partial charge in [0.05, 0.1) is 0 Å². The fourth-order valence-corrected chi connectivity index (χ4v) is 3.05. The molecule has 0 aliphatic carbocycles. The van der Waals surface area contributed by atoms with Crippen molar-refractivity contribution in [2.75, 3.05) is 5.32 Å². The molecular weight excluding hydrogens is 346 g/mol. The van der Waals surface area contributed by atoms with Gasteiger partial charge in [0, 0.05) is 27.6 Å². The molecule has 7 nitrogen and oxygen atoms in total. The number of nitrogens with one attached hydrogen (secondary N) is 1. The fourth-order valence-electron chi connectivity index (χ4n) is 2.21. The highest BCUT2D eigenvalue weighted by Gasteiger charge is 2.15. The van der Waals surface area contributed by atoms with Crippen LogP contribution in [-0.4, -0.2) is 26.7 Å². The van der Waals surface area contributed by atoms with Crippen LogP contribution in [0.25, 0.3) is 11.4 Å². The molecule has 0 unspecified atom stereocenters. The molecule has 24 heavy (non-hydrogen) atoms. The largest absolute Gasteiger partial charge is 0.444 e. The maximum atomic E-state index is 10.4. The van der Waals surface area contributed by atoms with Crippen LogP contribution in [0.2, 0.25) is 0 Å². The zero-order chi connectivity index (χ0) is 16.9. The second-order valence-corrected chi connectivity index (χ2v) is 6.53. The minimum absolute atomic E-state index is 0.0496. The van der Waals surface area contributed by atoms with Crippen molar-refractivity contribution in [2.45, 2.75) is 25.1 Å². The van der Waals surface area contributed by atoms with Crippen LogP contribution < -0.4 is 5.32 Å². The Labute approximate surface area is 148 Å². The monoisotopic (exact) mass is 361 g/mol. The number of tetrazole rings is 1. The van der Waals surface area contributed by atoms with Crippen LogP contribution in [-0.2, 0) is 22.8 Å². The number of aromatic nitrogens is 4. The molecule has 0 atom stereocenters. The number of benzene rings is 1. The molecular formula is C15H15N5O2S2. The van der Waals surface area contributed by atoms with Gasteiger partial charge >= 0.3 is 0 Å². The normalized spacial score (nSPS) is 10.6. The third-order valence-corrected chi connectivity index (χ3v) is 4.77. The lowest BCUT2D eigenvalue weighted by Crippen LogP contribution is -2.08. The molecule has 2 aromatic heterocycles. The summed E-state index contributed by atoms with van der Waals surface area (Å²) < 4.78 is 6.17. The van der Waals surface area contributed by atoms with Gasteiger partial charge in [-0.15, -0.1) is 29.1 Å². The molecule has 0 saturated carbocycles. The molecule has 0 spiro atoms. The number of ether oxygens (including phenoxy) is 1. The number of hydrogen-bond donors (Lipinski definition) is 2. The van der Waals surface area contributed by atoms with Crippen molar-refractivity contribution in [3.05, 3.63) is 40.1 Å². The summed E-state index contributed by atoms with van der Waals surface area (Å²) in [7, 11) is 0. The summed E-state index contributed by atoms with van der Waals surface area (Å²) in [4.78, 5) is 12.5. The highest BCUT2D eigenvalue weighted by molar-refractivity contribution is 7.80. The number of thiol groups is 1. The van der Waals surface area contributed by atoms with Crippen LogP contribution in [0.3, 0.4) is 0 Å². The van der Waals surface area contributed by atoms with E-state index < -0.39 is 0 Å². The van der Waals surface area contributed by atoms with Crippen LogP contribution in [0.5, 0.6) is 0 Å². The van der Waals surface area contributed by atoms with Gasteiger partial charge in [0.15, 0.2) is 12.6 Å². The molecule has 0 fully saturated rings. The van der Waals surface area contributed by atoms with Gasteiger partial charge in [0.2, 0.25) is 0 Å². The van der Waals surface area contributed by atoms with Crippen molar-refractivity contribution in [3.63, 3.8) is 0 Å². The lowest BCUT2D eigenvalue weighted by Gasteiger charge is -2.14. The van der Waals surface area contributed by atoms with Crippen molar-refractivity contribution < 1.29 is 9.53 Å². The second kappa shape index (κ2) is 7.45. The van der Waals surface area contributed by atoms with E-state index in [1.165, 1.54) is 9.56 Å². The van der Waals surface area contributed by atoms with E-state index in [1.54, 1.807) is 11.3 Å². The maximum Gasteiger partial charge on any atom is 0.294 e. The highest BCUT2D eigenvalue weighted by atomic mass is 32.1. The Bertz CT molecular complexity index is 833. The van der Waals surface area contributed by atoms with Crippen LogP contribution in [0, 0.1) is 6.92 Å². The lowest BCUT2D eigenvalue weighted by atomic mass is 10.1. The van der Waals surface area contributed by atoms with Crippen LogP contribution in [0.15, 0.2) is 34.5 Å². The predicted octanol–water partition coefficient (Wildman–Crippen LogP) is 2.74. The Morgan fingerprint density at radius 1 is 1.46 bits per heavy atom. The van der Waals surface area contributed by atoms with Crippen molar-refractivity contribution in [1.29, 1.82) is 0 Å². The van der Waals surface area contributed by atoms with Crippen LogP contribution in [0.1, 0.15) is 10.4 Å². The molecule has 124 valence electrons. The Balaban J connectivity index is 1.95. The summed E-state index contributed by atoms with van der Waals surface area (Å²) in [6.07, 6.45) is 0. The summed E-state index contributed by atoms with van der Waals surface area (Å²) in [6.45, 7) is 3.00. The molecule has 3 rings (SSSR count). The topological polar surface area (TPSA) is 81.9 Å². The van der Waals surface area contributed by atoms with E-state index in [4.69, 9.17) is 4.74 Å². The van der Waals surface area contributed by atoms with E-state index in [2.05, 4.69) is 39.5 Å². The second-order valence-electron chi connectivity index (χ2n) is 5.01. The van der Waals surface area contributed by atoms with Crippen molar-refractivity contribution >= 4 is 36.1 Å². The number of anilines is 1. The number of carbonyl (C=O) groups is 1. The lowest BCUT2D eigenvalue weighted by molar-refractivity contribution is -0.132. The summed E-state index contributed by atoms with van der Waals surface area (Å²) in [5.74, 6) is 0.501. The molecule has 0 amide bonds. The standard InChI is InChI=1S/C15H15N5O2S2/c1-10-5-13(16-7-11-3-2-4-24-11)12(6-14(10)23)15-17-18-19-20(15)8-22-9-21/h2-6,9,16,23H,7-8H2,1H3. The summed E-state index contributed by atoms with van der Waals surface area (Å²) in [5, 5.41) is 17.0. The van der Waals surface area contributed by atoms with Gasteiger partial charge in [-0.05, 0) is 46.5 Å². The first-order valence-electron chi connectivity index (χ1n) is 7.10. The Morgan fingerprint density at radius 2 is 2.33 bits per heavy atom. The number of thiophene rings is 1. The average Bonchev–Trinajstić information content (AvgIpc) is 3.25. The van der Waals surface area contributed by atoms with E-state index in [0.717, 1.165) is 21.7 Å². The quantitative estimate of drug-likeness (QED) is 0.497. The van der Waals surface area contributed by atoms with E-state index in [-0.39, 0.29) is 6.73 Å². The minimum Gasteiger partial charge on any atom is -0.444 e. The Hall–Kier alpha value is -2.39. The average molecular weight is 361 g/mol. The molecule has 9 heteroatoms. The molecule has 0 radical (unpaired) electrons. The van der Waals surface area contributed by atoms with Crippen LogP contribution >= 0.6 is 24.0 Å². The number of nitrogens with zero attached hydrogens (tertiary/aromatic N) is 4. The van der Waals surface area contributed by atoms with E-state index in [0.29, 0.717) is 18.8 Å². The van der Waals surface area contributed by atoms with Gasteiger partial charge in [-0.1, -0.05) is 6.07 Å². The third kappa shape index (κ3) is 3.57. The van der Waals surface area contributed by atoms with Crippen molar-refractivity contribution in [1.82, 2.24) is 20.2 Å². The molecule has 0 aliphatic rings. The van der Waals surface area contributed by atoms with Gasteiger partial charge in [0.1, 0.15) is 0 Å². The summed E-state index contributed by atoms with van der Waals surface area (Å²) >= 11 is 6.17. The van der Waals surface area contributed by atoms with E-state index in [9.17, 15) is 4.79 Å². The minimum atomic E-state index is -0.0496. The number of carbonyl (C=O) groups excluding carboxylic acids is 1. The zero-order valence-corrected chi connectivity index (χ0v) is 14.6. The van der Waals surface area contributed by atoms with Gasteiger partial charge in [-0.3, -0.25) is 4.79 Å². The molecule has 2 heterocycles. The van der Waals surface area contributed by atoms with Gasteiger partial charge in [0.25, 0.3) is 6.47 Å². The first kappa shape index (κ1) is 16.5. The van der Waals surface area contributed by atoms with E-state index >= 15 is 0 Å². The third-order valence-electron chi connectivity index (χ3n) is 3.41. The number of rotatable bonds is 7. The Kier molecular flexibility index (Phi) is 5.11. The molecule has 3 aromatic rings. The van der Waals surface area contributed by atoms with Gasteiger partial charge in [-0.25, -0.2) is 0 Å². The highest BCUT2D eigenvalue weighted by Crippen LogP contribution is 2.31. The first-order chi connectivity index (χ1) is 11.7. The zero-order valence-electron chi connectivity index (χ0n) is 12.8. The summed E-state index contributed by atoms with van der Waals surface area (Å²) in [6, 6.07) is 7.99. The van der Waals surface area contributed by atoms with Gasteiger partial charge in [-0.2, -0.15) is 4.68 Å².